The van der Waals surface area contributed by atoms with Crippen molar-refractivity contribution >= 4 is 0 Å². The Bertz CT molecular complexity index is 550. The molecule has 6 nitrogen and oxygen atoms in total. The second-order valence-corrected chi connectivity index (χ2v) is 8.18. The van der Waals surface area contributed by atoms with E-state index in [1.807, 2.05) is 0 Å². The van der Waals surface area contributed by atoms with Crippen molar-refractivity contribution < 1.29 is 0 Å². The van der Waals surface area contributed by atoms with Crippen LogP contribution in [0.1, 0.15) is 37.3 Å². The molecular weight excluding hydrogens is 300 g/mol. The standard InChI is InChI=1S/C18H32N6/c1-4-24-17(12-22(2)3)20-21-18(24)13-5-7-23(8-6-13)11-16-14-9-19-10-15(14)16/h13-16,19H,4-12H2,1-3H3. The molecule has 4 rings (SSSR count). The highest BCUT2D eigenvalue weighted by atomic mass is 15.3. The summed E-state index contributed by atoms with van der Waals surface area (Å²) >= 11 is 0. The van der Waals surface area contributed by atoms with Crippen LogP contribution in [0.4, 0.5) is 0 Å². The molecule has 3 fully saturated rings. The van der Waals surface area contributed by atoms with Crippen LogP contribution >= 0.6 is 0 Å². The van der Waals surface area contributed by atoms with Crippen LogP contribution < -0.4 is 5.32 Å². The molecule has 24 heavy (non-hydrogen) atoms. The molecule has 3 heterocycles. The molecule has 0 spiro atoms. The summed E-state index contributed by atoms with van der Waals surface area (Å²) < 4.78 is 2.34. The molecule has 2 unspecified atom stereocenters. The molecule has 134 valence electrons. The van der Waals surface area contributed by atoms with Gasteiger partial charge >= 0.3 is 0 Å². The third kappa shape index (κ3) is 3.11. The van der Waals surface area contributed by atoms with Crippen LogP contribution in [0.15, 0.2) is 0 Å². The quantitative estimate of drug-likeness (QED) is 0.842. The first kappa shape index (κ1) is 16.5. The topological polar surface area (TPSA) is 49.2 Å². The number of hydrogen-bond donors (Lipinski definition) is 1. The highest BCUT2D eigenvalue weighted by Crippen LogP contribution is 2.49. The van der Waals surface area contributed by atoms with Gasteiger partial charge in [0.1, 0.15) is 11.6 Å². The summed E-state index contributed by atoms with van der Waals surface area (Å²) in [6.45, 7) is 10.4. The maximum Gasteiger partial charge on any atom is 0.147 e. The van der Waals surface area contributed by atoms with Gasteiger partial charge in [-0.3, -0.25) is 0 Å². The molecule has 2 aliphatic heterocycles. The Labute approximate surface area is 145 Å². The fraction of sp³-hybridized carbons (Fsp3) is 0.889. The van der Waals surface area contributed by atoms with Crippen molar-refractivity contribution in [2.24, 2.45) is 17.8 Å². The van der Waals surface area contributed by atoms with E-state index in [9.17, 15) is 0 Å². The van der Waals surface area contributed by atoms with E-state index in [1.165, 1.54) is 51.4 Å². The van der Waals surface area contributed by atoms with Crippen LogP contribution in [-0.4, -0.2) is 71.4 Å². The van der Waals surface area contributed by atoms with E-state index in [2.05, 4.69) is 50.9 Å². The Morgan fingerprint density at radius 1 is 1.12 bits per heavy atom. The maximum atomic E-state index is 4.57. The van der Waals surface area contributed by atoms with Crippen LogP contribution in [0.5, 0.6) is 0 Å². The van der Waals surface area contributed by atoms with Gasteiger partial charge in [-0.1, -0.05) is 0 Å². The zero-order valence-electron chi connectivity index (χ0n) is 15.4. The summed E-state index contributed by atoms with van der Waals surface area (Å²) in [4.78, 5) is 4.87. The summed E-state index contributed by atoms with van der Waals surface area (Å²) in [5, 5.41) is 12.5. The van der Waals surface area contributed by atoms with Crippen molar-refractivity contribution in [1.29, 1.82) is 0 Å². The first-order valence-electron chi connectivity index (χ1n) is 9.67. The Kier molecular flexibility index (Phi) is 4.62. The predicted molar refractivity (Wildman–Crippen MR) is 94.8 cm³/mol. The molecule has 1 aliphatic carbocycles. The SMILES string of the molecule is CCn1c(CN(C)C)nnc1C1CCN(CC2C3CNCC32)CC1. The lowest BCUT2D eigenvalue weighted by molar-refractivity contribution is 0.193. The lowest BCUT2D eigenvalue weighted by Gasteiger charge is -2.32. The van der Waals surface area contributed by atoms with Crippen LogP contribution in [0, 0.1) is 17.8 Å². The minimum absolute atomic E-state index is 0.588. The van der Waals surface area contributed by atoms with E-state index in [0.717, 1.165) is 36.7 Å². The summed E-state index contributed by atoms with van der Waals surface area (Å²) in [6, 6.07) is 0. The number of likely N-dealkylation sites (tertiary alicyclic amines) is 1. The molecule has 2 saturated heterocycles. The van der Waals surface area contributed by atoms with Crippen molar-refractivity contribution in [3.8, 4) is 0 Å². The molecule has 0 amide bonds. The van der Waals surface area contributed by atoms with Crippen molar-refractivity contribution in [3.63, 3.8) is 0 Å². The first-order valence-corrected chi connectivity index (χ1v) is 9.67. The van der Waals surface area contributed by atoms with E-state index < -0.39 is 0 Å². The van der Waals surface area contributed by atoms with Gasteiger partial charge in [-0.25, -0.2) is 0 Å². The zero-order chi connectivity index (χ0) is 16.7. The molecule has 1 aromatic rings. The number of hydrogen-bond acceptors (Lipinski definition) is 5. The Hall–Kier alpha value is -0.980. The van der Waals surface area contributed by atoms with Crippen molar-refractivity contribution in [1.82, 2.24) is 29.9 Å². The van der Waals surface area contributed by atoms with Gasteiger partial charge in [-0.2, -0.15) is 0 Å². The molecule has 2 atom stereocenters. The average molecular weight is 332 g/mol. The molecule has 1 N–H and O–H groups in total. The van der Waals surface area contributed by atoms with Gasteiger partial charge in [0.05, 0.1) is 6.54 Å². The lowest BCUT2D eigenvalue weighted by atomic mass is 9.95. The van der Waals surface area contributed by atoms with Crippen LogP contribution in [0.25, 0.3) is 0 Å². The van der Waals surface area contributed by atoms with Gasteiger partial charge in [-0.05, 0) is 77.8 Å². The van der Waals surface area contributed by atoms with Gasteiger partial charge in [0.25, 0.3) is 0 Å². The number of rotatable bonds is 6. The first-order chi connectivity index (χ1) is 11.7. The highest BCUT2D eigenvalue weighted by molar-refractivity contribution is 5.07. The van der Waals surface area contributed by atoms with Gasteiger partial charge < -0.3 is 19.7 Å². The number of nitrogens with zero attached hydrogens (tertiary/aromatic N) is 5. The molecular formula is C18H32N6. The molecule has 1 saturated carbocycles. The molecule has 0 aromatic carbocycles. The van der Waals surface area contributed by atoms with E-state index in [4.69, 9.17) is 0 Å². The minimum atomic E-state index is 0.588. The second-order valence-electron chi connectivity index (χ2n) is 8.18. The van der Waals surface area contributed by atoms with Crippen LogP contribution in [0.3, 0.4) is 0 Å². The third-order valence-corrected chi connectivity index (χ3v) is 6.32. The van der Waals surface area contributed by atoms with E-state index in [1.54, 1.807) is 0 Å². The van der Waals surface area contributed by atoms with Crippen LogP contribution in [0.2, 0.25) is 0 Å². The summed E-state index contributed by atoms with van der Waals surface area (Å²) in [6.07, 6.45) is 2.47. The van der Waals surface area contributed by atoms with Gasteiger partial charge in [0.15, 0.2) is 0 Å². The molecule has 6 heteroatoms. The normalized spacial score (nSPS) is 30.9. The monoisotopic (exact) mass is 332 g/mol. The Morgan fingerprint density at radius 2 is 1.83 bits per heavy atom. The minimum Gasteiger partial charge on any atom is -0.316 e. The van der Waals surface area contributed by atoms with E-state index in [0.29, 0.717) is 5.92 Å². The largest absolute Gasteiger partial charge is 0.316 e. The molecule has 3 aliphatic rings. The Morgan fingerprint density at radius 3 is 2.46 bits per heavy atom. The number of nitrogens with one attached hydrogen (secondary N) is 1. The number of fused-ring (bicyclic) bond motifs is 1. The molecule has 0 radical (unpaired) electrons. The second kappa shape index (κ2) is 6.73. The number of piperidine rings is 2. The predicted octanol–water partition coefficient (Wildman–Crippen LogP) is 1.00. The zero-order valence-corrected chi connectivity index (χ0v) is 15.4. The number of aromatic nitrogens is 3. The maximum absolute atomic E-state index is 4.57. The smallest absolute Gasteiger partial charge is 0.147 e. The van der Waals surface area contributed by atoms with Gasteiger partial charge in [-0.15, -0.1) is 10.2 Å². The van der Waals surface area contributed by atoms with Crippen molar-refractivity contribution in [2.45, 2.75) is 38.8 Å². The van der Waals surface area contributed by atoms with Crippen molar-refractivity contribution in [2.75, 3.05) is 46.8 Å². The van der Waals surface area contributed by atoms with Gasteiger partial charge in [0.2, 0.25) is 0 Å². The van der Waals surface area contributed by atoms with E-state index >= 15 is 0 Å². The van der Waals surface area contributed by atoms with Crippen molar-refractivity contribution in [3.05, 3.63) is 11.6 Å². The highest BCUT2D eigenvalue weighted by Gasteiger charge is 2.52. The third-order valence-electron chi connectivity index (χ3n) is 6.32. The molecule has 1 aromatic heterocycles. The lowest BCUT2D eigenvalue weighted by Crippen LogP contribution is -2.36. The Balaban J connectivity index is 1.33. The molecule has 0 bridgehead atoms. The summed E-state index contributed by atoms with van der Waals surface area (Å²) in [7, 11) is 4.19. The fourth-order valence-corrected chi connectivity index (χ4v) is 4.88. The average Bonchev–Trinajstić information content (AvgIpc) is 2.95. The van der Waals surface area contributed by atoms with E-state index in [-0.39, 0.29) is 0 Å². The van der Waals surface area contributed by atoms with Gasteiger partial charge in [0, 0.05) is 19.0 Å². The van der Waals surface area contributed by atoms with Crippen LogP contribution in [-0.2, 0) is 13.1 Å². The fourth-order valence-electron chi connectivity index (χ4n) is 4.88. The summed E-state index contributed by atoms with van der Waals surface area (Å²) in [5.74, 6) is 5.87. The summed E-state index contributed by atoms with van der Waals surface area (Å²) in [5.41, 5.74) is 0.